The van der Waals surface area contributed by atoms with Crippen molar-refractivity contribution in [1.82, 2.24) is 10.2 Å². The molecule has 4 nitrogen and oxygen atoms in total. The molecule has 0 bridgehead atoms. The molecule has 0 saturated carbocycles. The van der Waals surface area contributed by atoms with Crippen molar-refractivity contribution in [3.05, 3.63) is 29.8 Å². The van der Waals surface area contributed by atoms with Crippen LogP contribution in [0.4, 0.5) is 5.69 Å². The zero-order chi connectivity index (χ0) is 13.9. The van der Waals surface area contributed by atoms with Gasteiger partial charge in [-0.25, -0.2) is 0 Å². The van der Waals surface area contributed by atoms with Crippen LogP contribution in [0, 0.1) is 6.92 Å². The molecule has 0 aromatic heterocycles. The molecular weight excluding hydrogens is 250 g/mol. The van der Waals surface area contributed by atoms with E-state index in [1.165, 1.54) is 11.3 Å². The number of para-hydroxylation sites is 1. The highest BCUT2D eigenvalue weighted by Gasteiger charge is 2.29. The molecule has 4 heteroatoms. The standard InChI is InChI=1S/C16H23N3O/c1-13-5-2-3-7-15(13)18-9-11-19(12-10-18)16(20)14-6-4-8-17-14/h2-3,5,7,14,17H,4,6,8-12H2,1H3/t14-/m1/s1. The van der Waals surface area contributed by atoms with Crippen LogP contribution >= 0.6 is 0 Å². The van der Waals surface area contributed by atoms with Gasteiger partial charge in [0, 0.05) is 31.9 Å². The van der Waals surface area contributed by atoms with Crippen molar-refractivity contribution < 1.29 is 4.79 Å². The highest BCUT2D eigenvalue weighted by atomic mass is 16.2. The van der Waals surface area contributed by atoms with Crippen LogP contribution in [0.15, 0.2) is 24.3 Å². The van der Waals surface area contributed by atoms with Gasteiger partial charge in [0.05, 0.1) is 6.04 Å². The topological polar surface area (TPSA) is 35.6 Å². The largest absolute Gasteiger partial charge is 0.368 e. The zero-order valence-electron chi connectivity index (χ0n) is 12.1. The van der Waals surface area contributed by atoms with E-state index >= 15 is 0 Å². The summed E-state index contributed by atoms with van der Waals surface area (Å²) in [5.41, 5.74) is 2.61. The average Bonchev–Trinajstić information content (AvgIpc) is 3.01. The fourth-order valence-corrected chi connectivity index (χ4v) is 3.20. The van der Waals surface area contributed by atoms with Crippen molar-refractivity contribution >= 4 is 11.6 Å². The molecule has 2 aliphatic heterocycles. The van der Waals surface area contributed by atoms with Gasteiger partial charge in [-0.05, 0) is 37.9 Å². The number of piperazine rings is 1. The molecule has 1 amide bonds. The molecule has 0 radical (unpaired) electrons. The molecule has 2 fully saturated rings. The number of aryl methyl sites for hydroxylation is 1. The van der Waals surface area contributed by atoms with Crippen molar-refractivity contribution in [2.45, 2.75) is 25.8 Å². The van der Waals surface area contributed by atoms with Crippen molar-refractivity contribution in [2.75, 3.05) is 37.6 Å². The van der Waals surface area contributed by atoms with Crippen LogP contribution in [0.2, 0.25) is 0 Å². The molecule has 0 spiro atoms. The first-order valence-electron chi connectivity index (χ1n) is 7.58. The lowest BCUT2D eigenvalue weighted by Crippen LogP contribution is -2.53. The summed E-state index contributed by atoms with van der Waals surface area (Å²) in [4.78, 5) is 16.8. The van der Waals surface area contributed by atoms with Gasteiger partial charge in [0.15, 0.2) is 0 Å². The van der Waals surface area contributed by atoms with E-state index in [9.17, 15) is 4.79 Å². The molecule has 1 aromatic rings. The van der Waals surface area contributed by atoms with E-state index in [2.05, 4.69) is 41.4 Å². The van der Waals surface area contributed by atoms with Crippen LogP contribution in [0.1, 0.15) is 18.4 Å². The first-order chi connectivity index (χ1) is 9.75. The van der Waals surface area contributed by atoms with Gasteiger partial charge < -0.3 is 15.1 Å². The second kappa shape index (κ2) is 5.83. The molecule has 108 valence electrons. The van der Waals surface area contributed by atoms with Gasteiger partial charge in [0.2, 0.25) is 5.91 Å². The molecule has 0 aliphatic carbocycles. The summed E-state index contributed by atoms with van der Waals surface area (Å²) in [6.07, 6.45) is 2.12. The maximum Gasteiger partial charge on any atom is 0.239 e. The third-order valence-electron chi connectivity index (χ3n) is 4.41. The summed E-state index contributed by atoms with van der Waals surface area (Å²) in [6.45, 7) is 6.68. The minimum absolute atomic E-state index is 0.0695. The zero-order valence-corrected chi connectivity index (χ0v) is 12.1. The Hall–Kier alpha value is -1.55. The number of nitrogens with zero attached hydrogens (tertiary/aromatic N) is 2. The van der Waals surface area contributed by atoms with Gasteiger partial charge in [0.1, 0.15) is 0 Å². The SMILES string of the molecule is Cc1ccccc1N1CCN(C(=O)[C@H]2CCCN2)CC1. The van der Waals surface area contributed by atoms with E-state index in [1.807, 2.05) is 4.90 Å². The highest BCUT2D eigenvalue weighted by Crippen LogP contribution is 2.21. The summed E-state index contributed by atoms with van der Waals surface area (Å²) in [7, 11) is 0. The fourth-order valence-electron chi connectivity index (χ4n) is 3.20. The summed E-state index contributed by atoms with van der Waals surface area (Å²) < 4.78 is 0. The van der Waals surface area contributed by atoms with Crippen LogP contribution in [0.25, 0.3) is 0 Å². The smallest absolute Gasteiger partial charge is 0.239 e. The van der Waals surface area contributed by atoms with Crippen LogP contribution in [0.3, 0.4) is 0 Å². The van der Waals surface area contributed by atoms with Crippen LogP contribution in [-0.4, -0.2) is 49.6 Å². The van der Waals surface area contributed by atoms with Crippen molar-refractivity contribution in [2.24, 2.45) is 0 Å². The summed E-state index contributed by atoms with van der Waals surface area (Å²) >= 11 is 0. The monoisotopic (exact) mass is 273 g/mol. The summed E-state index contributed by atoms with van der Waals surface area (Å²) in [5.74, 6) is 0.298. The Bertz CT molecular complexity index is 474. The third kappa shape index (κ3) is 2.66. The Morgan fingerprint density at radius 2 is 1.95 bits per heavy atom. The molecule has 20 heavy (non-hydrogen) atoms. The molecule has 1 N–H and O–H groups in total. The van der Waals surface area contributed by atoms with E-state index < -0.39 is 0 Å². The van der Waals surface area contributed by atoms with Gasteiger partial charge in [-0.15, -0.1) is 0 Å². The number of hydrogen-bond donors (Lipinski definition) is 1. The van der Waals surface area contributed by atoms with Crippen molar-refractivity contribution in [1.29, 1.82) is 0 Å². The Kier molecular flexibility index (Phi) is 3.92. The van der Waals surface area contributed by atoms with Crippen molar-refractivity contribution in [3.8, 4) is 0 Å². The Labute approximate surface area is 120 Å². The predicted octanol–water partition coefficient (Wildman–Crippen LogP) is 1.40. The number of nitrogens with one attached hydrogen (secondary N) is 1. The number of amides is 1. The van der Waals surface area contributed by atoms with Gasteiger partial charge in [0.25, 0.3) is 0 Å². The minimum atomic E-state index is 0.0695. The van der Waals surface area contributed by atoms with Gasteiger partial charge in [-0.2, -0.15) is 0 Å². The Morgan fingerprint density at radius 3 is 2.60 bits per heavy atom. The number of anilines is 1. The Morgan fingerprint density at radius 1 is 1.20 bits per heavy atom. The fraction of sp³-hybridized carbons (Fsp3) is 0.562. The van der Waals surface area contributed by atoms with Gasteiger partial charge >= 0.3 is 0 Å². The first kappa shape index (κ1) is 13.4. The average molecular weight is 273 g/mol. The quantitative estimate of drug-likeness (QED) is 0.884. The van der Waals surface area contributed by atoms with Crippen molar-refractivity contribution in [3.63, 3.8) is 0 Å². The molecule has 1 atom stereocenters. The second-order valence-electron chi connectivity index (χ2n) is 5.75. The maximum absolute atomic E-state index is 12.4. The lowest BCUT2D eigenvalue weighted by Gasteiger charge is -2.37. The molecule has 2 aliphatic rings. The third-order valence-corrected chi connectivity index (χ3v) is 4.41. The maximum atomic E-state index is 12.4. The molecule has 2 saturated heterocycles. The van der Waals surface area contributed by atoms with E-state index in [-0.39, 0.29) is 6.04 Å². The minimum Gasteiger partial charge on any atom is -0.368 e. The van der Waals surface area contributed by atoms with E-state index in [4.69, 9.17) is 0 Å². The lowest BCUT2D eigenvalue weighted by atomic mass is 10.1. The van der Waals surface area contributed by atoms with E-state index in [0.29, 0.717) is 5.91 Å². The van der Waals surface area contributed by atoms with Crippen LogP contribution in [-0.2, 0) is 4.79 Å². The van der Waals surface area contributed by atoms with Crippen LogP contribution < -0.4 is 10.2 Å². The normalized spacial score (nSPS) is 23.1. The van der Waals surface area contributed by atoms with E-state index in [1.54, 1.807) is 0 Å². The Balaban J connectivity index is 1.59. The number of carbonyl (C=O) groups excluding carboxylic acids is 1. The molecular formula is C16H23N3O. The van der Waals surface area contributed by atoms with E-state index in [0.717, 1.165) is 45.6 Å². The lowest BCUT2D eigenvalue weighted by molar-refractivity contribution is -0.133. The summed E-state index contributed by atoms with van der Waals surface area (Å²) in [6, 6.07) is 8.55. The molecule has 2 heterocycles. The molecule has 1 aromatic carbocycles. The first-order valence-corrected chi connectivity index (χ1v) is 7.58. The molecule has 3 rings (SSSR count). The number of rotatable bonds is 2. The number of carbonyl (C=O) groups is 1. The predicted molar refractivity (Wildman–Crippen MR) is 81.0 cm³/mol. The highest BCUT2D eigenvalue weighted by molar-refractivity contribution is 5.82. The number of hydrogen-bond acceptors (Lipinski definition) is 3. The number of benzene rings is 1. The second-order valence-corrected chi connectivity index (χ2v) is 5.75. The van der Waals surface area contributed by atoms with Gasteiger partial charge in [-0.3, -0.25) is 4.79 Å². The summed E-state index contributed by atoms with van der Waals surface area (Å²) in [5, 5.41) is 3.30. The van der Waals surface area contributed by atoms with Crippen LogP contribution in [0.5, 0.6) is 0 Å². The molecule has 0 unspecified atom stereocenters. The van der Waals surface area contributed by atoms with Gasteiger partial charge in [-0.1, -0.05) is 18.2 Å².